The zero-order valence-electron chi connectivity index (χ0n) is 11.2. The van der Waals surface area contributed by atoms with E-state index in [4.69, 9.17) is 5.26 Å². The van der Waals surface area contributed by atoms with Crippen molar-refractivity contribution in [3.63, 3.8) is 0 Å². The molecule has 4 nitrogen and oxygen atoms in total. The second-order valence-corrected chi connectivity index (χ2v) is 4.30. The third kappa shape index (κ3) is 4.88. The van der Waals surface area contributed by atoms with E-state index >= 15 is 0 Å². The van der Waals surface area contributed by atoms with Gasteiger partial charge in [0.1, 0.15) is 0 Å². The molecule has 96 valence electrons. The molecule has 0 bridgehead atoms. The number of nitrogens with one attached hydrogen (secondary N) is 2. The van der Waals surface area contributed by atoms with Crippen LogP contribution in [0, 0.1) is 11.3 Å². The molecule has 0 radical (unpaired) electrons. The summed E-state index contributed by atoms with van der Waals surface area (Å²) in [6.07, 6.45) is 0. The SMILES string of the molecule is CCNC(=NCc1ccc(C#N)cc1)NC(C)C. The molecule has 1 aromatic carbocycles. The van der Waals surface area contributed by atoms with E-state index in [1.54, 1.807) is 0 Å². The standard InChI is InChI=1S/C14H20N4/c1-4-16-14(18-11(2)3)17-10-13-7-5-12(9-15)6-8-13/h5-8,11H,4,10H2,1-3H3,(H2,16,17,18). The van der Waals surface area contributed by atoms with E-state index in [0.29, 0.717) is 18.2 Å². The minimum atomic E-state index is 0.351. The zero-order chi connectivity index (χ0) is 13.4. The number of hydrogen-bond acceptors (Lipinski definition) is 2. The summed E-state index contributed by atoms with van der Waals surface area (Å²) in [5.74, 6) is 0.817. The Morgan fingerprint density at radius 2 is 2.00 bits per heavy atom. The van der Waals surface area contributed by atoms with Crippen molar-refractivity contribution in [1.29, 1.82) is 5.26 Å². The van der Waals surface area contributed by atoms with E-state index in [9.17, 15) is 0 Å². The van der Waals surface area contributed by atoms with Crippen molar-refractivity contribution < 1.29 is 0 Å². The van der Waals surface area contributed by atoms with Crippen LogP contribution in [-0.4, -0.2) is 18.5 Å². The van der Waals surface area contributed by atoms with Crippen molar-refractivity contribution in [3.8, 4) is 6.07 Å². The van der Waals surface area contributed by atoms with Crippen LogP contribution in [0.3, 0.4) is 0 Å². The third-order valence-electron chi connectivity index (χ3n) is 2.27. The molecule has 0 unspecified atom stereocenters. The summed E-state index contributed by atoms with van der Waals surface area (Å²) in [6, 6.07) is 9.95. The molecular weight excluding hydrogens is 224 g/mol. The molecule has 0 atom stereocenters. The fourth-order valence-corrected chi connectivity index (χ4v) is 1.45. The van der Waals surface area contributed by atoms with Gasteiger partial charge in [-0.2, -0.15) is 5.26 Å². The van der Waals surface area contributed by atoms with Gasteiger partial charge in [0.2, 0.25) is 0 Å². The first kappa shape index (κ1) is 14.0. The topological polar surface area (TPSA) is 60.2 Å². The monoisotopic (exact) mass is 244 g/mol. The lowest BCUT2D eigenvalue weighted by molar-refractivity contribution is 0.700. The maximum atomic E-state index is 8.72. The molecule has 0 saturated carbocycles. The first-order chi connectivity index (χ1) is 8.65. The average molecular weight is 244 g/mol. The molecule has 0 heterocycles. The van der Waals surface area contributed by atoms with E-state index in [1.807, 2.05) is 31.2 Å². The third-order valence-corrected chi connectivity index (χ3v) is 2.27. The number of benzene rings is 1. The van der Waals surface area contributed by atoms with E-state index in [0.717, 1.165) is 18.1 Å². The summed E-state index contributed by atoms with van der Waals surface area (Å²) in [4.78, 5) is 4.49. The van der Waals surface area contributed by atoms with Gasteiger partial charge in [-0.1, -0.05) is 12.1 Å². The van der Waals surface area contributed by atoms with Crippen LogP contribution in [0.2, 0.25) is 0 Å². The highest BCUT2D eigenvalue weighted by atomic mass is 15.2. The Balaban J connectivity index is 2.65. The molecule has 0 fully saturated rings. The Labute approximate surface area is 109 Å². The maximum absolute atomic E-state index is 8.72. The molecule has 0 amide bonds. The fraction of sp³-hybridized carbons (Fsp3) is 0.429. The van der Waals surface area contributed by atoms with Gasteiger partial charge in [0.15, 0.2) is 5.96 Å². The van der Waals surface area contributed by atoms with Gasteiger partial charge in [-0.05, 0) is 38.5 Å². The van der Waals surface area contributed by atoms with Gasteiger partial charge in [-0.3, -0.25) is 0 Å². The molecule has 0 saturated heterocycles. The largest absolute Gasteiger partial charge is 0.357 e. The van der Waals surface area contributed by atoms with Crippen molar-refractivity contribution in [2.75, 3.05) is 6.54 Å². The lowest BCUT2D eigenvalue weighted by Crippen LogP contribution is -2.40. The number of nitrogens with zero attached hydrogens (tertiary/aromatic N) is 2. The number of guanidine groups is 1. The Hall–Kier alpha value is -2.02. The summed E-state index contributed by atoms with van der Waals surface area (Å²) < 4.78 is 0. The van der Waals surface area contributed by atoms with Crippen LogP contribution in [0.15, 0.2) is 29.3 Å². The Bertz CT molecular complexity index is 426. The van der Waals surface area contributed by atoms with Crippen LogP contribution < -0.4 is 10.6 Å². The summed E-state index contributed by atoms with van der Waals surface area (Å²) >= 11 is 0. The van der Waals surface area contributed by atoms with Crippen LogP contribution in [0.5, 0.6) is 0 Å². The first-order valence-corrected chi connectivity index (χ1v) is 6.19. The summed E-state index contributed by atoms with van der Waals surface area (Å²) in [5, 5.41) is 15.2. The van der Waals surface area contributed by atoms with E-state index in [-0.39, 0.29) is 0 Å². The maximum Gasteiger partial charge on any atom is 0.191 e. The Morgan fingerprint density at radius 3 is 2.50 bits per heavy atom. The average Bonchev–Trinajstić information content (AvgIpc) is 2.36. The zero-order valence-corrected chi connectivity index (χ0v) is 11.2. The molecule has 1 rings (SSSR count). The lowest BCUT2D eigenvalue weighted by Gasteiger charge is -2.13. The minimum absolute atomic E-state index is 0.351. The smallest absolute Gasteiger partial charge is 0.191 e. The molecule has 1 aromatic rings. The van der Waals surface area contributed by atoms with Crippen molar-refractivity contribution in [2.24, 2.45) is 4.99 Å². The van der Waals surface area contributed by atoms with Crippen molar-refractivity contribution in [3.05, 3.63) is 35.4 Å². The van der Waals surface area contributed by atoms with Gasteiger partial charge in [0, 0.05) is 12.6 Å². The summed E-state index contributed by atoms with van der Waals surface area (Å²) in [7, 11) is 0. The van der Waals surface area contributed by atoms with Crippen LogP contribution in [-0.2, 0) is 6.54 Å². The Kier molecular flexibility index (Phi) is 5.72. The molecule has 0 spiro atoms. The highest BCUT2D eigenvalue weighted by Gasteiger charge is 1.99. The molecule has 2 N–H and O–H groups in total. The predicted molar refractivity (Wildman–Crippen MR) is 74.2 cm³/mol. The second kappa shape index (κ2) is 7.33. The Morgan fingerprint density at radius 1 is 1.33 bits per heavy atom. The van der Waals surface area contributed by atoms with Crippen LogP contribution >= 0.6 is 0 Å². The second-order valence-electron chi connectivity index (χ2n) is 4.30. The van der Waals surface area contributed by atoms with E-state index in [1.165, 1.54) is 0 Å². The van der Waals surface area contributed by atoms with Crippen LogP contribution in [0.25, 0.3) is 0 Å². The molecule has 0 aliphatic rings. The molecule has 0 aromatic heterocycles. The van der Waals surface area contributed by atoms with Crippen molar-refractivity contribution >= 4 is 5.96 Å². The number of aliphatic imine (C=N–C) groups is 1. The van der Waals surface area contributed by atoms with Crippen molar-refractivity contribution in [1.82, 2.24) is 10.6 Å². The van der Waals surface area contributed by atoms with Crippen LogP contribution in [0.1, 0.15) is 31.9 Å². The lowest BCUT2D eigenvalue weighted by atomic mass is 10.1. The molecule has 18 heavy (non-hydrogen) atoms. The highest BCUT2D eigenvalue weighted by molar-refractivity contribution is 5.79. The molecule has 4 heteroatoms. The summed E-state index contributed by atoms with van der Waals surface area (Å²) in [5.41, 5.74) is 1.77. The highest BCUT2D eigenvalue weighted by Crippen LogP contribution is 2.04. The van der Waals surface area contributed by atoms with Gasteiger partial charge < -0.3 is 10.6 Å². The van der Waals surface area contributed by atoms with Crippen molar-refractivity contribution in [2.45, 2.75) is 33.4 Å². The number of nitriles is 1. The molecular formula is C14H20N4. The van der Waals surface area contributed by atoms with Gasteiger partial charge in [-0.15, -0.1) is 0 Å². The fourth-order valence-electron chi connectivity index (χ4n) is 1.45. The van der Waals surface area contributed by atoms with Gasteiger partial charge in [-0.25, -0.2) is 4.99 Å². The normalized spacial score (nSPS) is 11.2. The predicted octanol–water partition coefficient (Wildman–Crippen LogP) is 2.02. The van der Waals surface area contributed by atoms with Gasteiger partial charge in [0.25, 0.3) is 0 Å². The minimum Gasteiger partial charge on any atom is -0.357 e. The van der Waals surface area contributed by atoms with Gasteiger partial charge >= 0.3 is 0 Å². The van der Waals surface area contributed by atoms with E-state index < -0.39 is 0 Å². The number of rotatable bonds is 4. The van der Waals surface area contributed by atoms with E-state index in [2.05, 4.69) is 35.5 Å². The first-order valence-electron chi connectivity index (χ1n) is 6.19. The quantitative estimate of drug-likeness (QED) is 0.629. The summed E-state index contributed by atoms with van der Waals surface area (Å²) in [6.45, 7) is 7.64. The molecule has 0 aliphatic heterocycles. The van der Waals surface area contributed by atoms with Crippen LogP contribution in [0.4, 0.5) is 0 Å². The molecule has 0 aliphatic carbocycles. The number of hydrogen-bond donors (Lipinski definition) is 2. The van der Waals surface area contributed by atoms with Gasteiger partial charge in [0.05, 0.1) is 18.2 Å².